The van der Waals surface area contributed by atoms with Crippen molar-refractivity contribution in [3.8, 4) is 0 Å². The molecule has 2 bridgehead atoms. The highest BCUT2D eigenvalue weighted by atomic mass is 35.5. The molecule has 4 aliphatic rings. The van der Waals surface area contributed by atoms with Crippen LogP contribution in [0.3, 0.4) is 0 Å². The third kappa shape index (κ3) is 1.81. The number of hydrogen-bond acceptors (Lipinski definition) is 3. The number of halogens is 1. The van der Waals surface area contributed by atoms with Crippen LogP contribution in [0.4, 0.5) is 0 Å². The van der Waals surface area contributed by atoms with E-state index in [1.54, 1.807) is 0 Å². The molecule has 3 saturated carbocycles. The lowest BCUT2D eigenvalue weighted by atomic mass is 9.43. The van der Waals surface area contributed by atoms with E-state index in [0.29, 0.717) is 11.3 Å². The Morgan fingerprint density at radius 2 is 2.21 bits per heavy atom. The summed E-state index contributed by atoms with van der Waals surface area (Å²) >= 11 is 6.21. The third-order valence-electron chi connectivity index (χ3n) is 5.58. The molecule has 4 rings (SSSR count). The van der Waals surface area contributed by atoms with Crippen LogP contribution >= 0.6 is 11.6 Å². The predicted octanol–water partition coefficient (Wildman–Crippen LogP) is 3.17. The second kappa shape index (κ2) is 4.29. The first-order chi connectivity index (χ1) is 8.89. The van der Waals surface area contributed by atoms with Crippen molar-refractivity contribution >= 4 is 18.7 Å². The lowest BCUT2D eigenvalue weighted by Crippen LogP contribution is -2.65. The zero-order valence-corrected chi connectivity index (χ0v) is 12.3. The minimum absolute atomic E-state index is 0.126. The summed E-state index contributed by atoms with van der Waals surface area (Å²) in [5, 5.41) is 3.09. The van der Waals surface area contributed by atoms with E-state index in [4.69, 9.17) is 26.4 Å². The van der Waals surface area contributed by atoms with Crippen molar-refractivity contribution in [3.05, 3.63) is 10.4 Å². The van der Waals surface area contributed by atoms with Crippen LogP contribution in [0.25, 0.3) is 10.4 Å². The van der Waals surface area contributed by atoms with Crippen molar-refractivity contribution in [2.24, 2.45) is 22.4 Å². The van der Waals surface area contributed by atoms with Crippen molar-refractivity contribution in [1.82, 2.24) is 0 Å². The molecule has 7 heteroatoms. The maximum atomic E-state index is 8.35. The Kier molecular flexibility index (Phi) is 3.06. The summed E-state index contributed by atoms with van der Waals surface area (Å²) in [7, 11) is -0.461. The second-order valence-electron chi connectivity index (χ2n) is 6.77. The lowest BCUT2D eigenvalue weighted by molar-refractivity contribution is -0.199. The molecule has 104 valence electrons. The van der Waals surface area contributed by atoms with Crippen LogP contribution in [0.2, 0.25) is 0 Å². The van der Waals surface area contributed by atoms with Crippen molar-refractivity contribution in [2.75, 3.05) is 6.54 Å². The zero-order valence-electron chi connectivity index (χ0n) is 11.5. The normalized spacial score (nSPS) is 44.0. The summed E-state index contributed by atoms with van der Waals surface area (Å²) in [6.07, 6.45) is 2.39. The van der Waals surface area contributed by atoms with Gasteiger partial charge in [0.05, 0.1) is 17.0 Å². The van der Waals surface area contributed by atoms with Crippen LogP contribution in [0, 0.1) is 17.3 Å². The summed E-state index contributed by atoms with van der Waals surface area (Å²) in [5.41, 5.74) is 8.44. The molecular weight excluding hydrogens is 264 g/mol. The highest BCUT2D eigenvalue weighted by Gasteiger charge is 2.68. The SMILES string of the molecule is CC1(C)C2CC1[C@]1(C)OB(C(Cl)CN=[N+]=[N-])O[C@H]1C2. The first-order valence-electron chi connectivity index (χ1n) is 6.87. The van der Waals surface area contributed by atoms with E-state index in [0.717, 1.165) is 12.3 Å². The van der Waals surface area contributed by atoms with Gasteiger partial charge in [0.25, 0.3) is 0 Å². The fraction of sp³-hybridized carbons (Fsp3) is 1.00. The molecule has 0 radical (unpaired) electrons. The Hall–Kier alpha value is -0.415. The van der Waals surface area contributed by atoms with Gasteiger partial charge >= 0.3 is 7.12 Å². The van der Waals surface area contributed by atoms with E-state index >= 15 is 0 Å². The van der Waals surface area contributed by atoms with Crippen molar-refractivity contribution < 1.29 is 9.31 Å². The molecule has 4 fully saturated rings. The molecule has 1 saturated heterocycles. The van der Waals surface area contributed by atoms with Gasteiger partial charge in [-0.3, -0.25) is 0 Å². The van der Waals surface area contributed by atoms with Crippen LogP contribution in [0.15, 0.2) is 5.11 Å². The first-order valence-corrected chi connectivity index (χ1v) is 7.31. The smallest absolute Gasteiger partial charge is 0.404 e. The van der Waals surface area contributed by atoms with Crippen LogP contribution in [0.1, 0.15) is 33.6 Å². The van der Waals surface area contributed by atoms with Gasteiger partial charge < -0.3 is 9.31 Å². The molecule has 0 aromatic carbocycles. The maximum absolute atomic E-state index is 8.35. The predicted molar refractivity (Wildman–Crippen MR) is 73.8 cm³/mol. The van der Waals surface area contributed by atoms with Crippen molar-refractivity contribution in [2.45, 2.75) is 50.6 Å². The Morgan fingerprint density at radius 3 is 2.84 bits per heavy atom. The Morgan fingerprint density at radius 1 is 1.47 bits per heavy atom. The Bertz CT molecular complexity index is 443. The van der Waals surface area contributed by atoms with Gasteiger partial charge in [-0.1, -0.05) is 19.0 Å². The molecule has 5 atom stereocenters. The Balaban J connectivity index is 1.75. The molecular formula is C12H19BClN3O2. The average Bonchev–Trinajstić information content (AvgIpc) is 2.72. The molecule has 1 aliphatic heterocycles. The monoisotopic (exact) mass is 283 g/mol. The fourth-order valence-electron chi connectivity index (χ4n) is 4.25. The van der Waals surface area contributed by atoms with E-state index in [9.17, 15) is 0 Å². The van der Waals surface area contributed by atoms with E-state index in [-0.39, 0.29) is 18.2 Å². The van der Waals surface area contributed by atoms with E-state index in [1.807, 2.05) is 0 Å². The van der Waals surface area contributed by atoms with Crippen molar-refractivity contribution in [3.63, 3.8) is 0 Å². The minimum atomic E-state index is -0.461. The summed E-state index contributed by atoms with van der Waals surface area (Å²) in [4.78, 5) is 2.73. The fourth-order valence-corrected chi connectivity index (χ4v) is 4.43. The van der Waals surface area contributed by atoms with Crippen LogP contribution in [0.5, 0.6) is 0 Å². The van der Waals surface area contributed by atoms with Gasteiger partial charge in [0, 0.05) is 11.5 Å². The van der Waals surface area contributed by atoms with Gasteiger partial charge in [0.15, 0.2) is 0 Å². The quantitative estimate of drug-likeness (QED) is 0.262. The van der Waals surface area contributed by atoms with Gasteiger partial charge in [0.1, 0.15) is 0 Å². The molecule has 3 aliphatic carbocycles. The Labute approximate surface area is 118 Å². The summed E-state index contributed by atoms with van der Waals surface area (Å²) in [6.45, 7) is 6.99. The largest absolute Gasteiger partial charge is 0.476 e. The minimum Gasteiger partial charge on any atom is -0.404 e. The van der Waals surface area contributed by atoms with Crippen LogP contribution < -0.4 is 0 Å². The second-order valence-corrected chi connectivity index (χ2v) is 7.33. The lowest BCUT2D eigenvalue weighted by Gasteiger charge is -2.64. The zero-order chi connectivity index (χ0) is 13.8. The van der Waals surface area contributed by atoms with Crippen molar-refractivity contribution in [1.29, 1.82) is 0 Å². The number of hydrogen-bond donors (Lipinski definition) is 0. The molecule has 0 N–H and O–H groups in total. The van der Waals surface area contributed by atoms with E-state index in [2.05, 4.69) is 30.8 Å². The van der Waals surface area contributed by atoms with Crippen LogP contribution in [-0.2, 0) is 9.31 Å². The molecule has 0 aromatic rings. The third-order valence-corrected chi connectivity index (χ3v) is 5.93. The van der Waals surface area contributed by atoms with Gasteiger partial charge in [-0.15, -0.1) is 11.6 Å². The van der Waals surface area contributed by atoms with Gasteiger partial charge in [0.2, 0.25) is 0 Å². The summed E-state index contributed by atoms with van der Waals surface area (Å²) in [6, 6.07) is 0. The standard InChI is InChI=1S/C12H19BClN3O2/c1-11(2)7-4-8(11)12(3)9(5-7)18-13(19-12)10(14)6-16-17-15/h7-10H,4-6H2,1-3H3/t7?,8?,9-,10?,12-/m0/s1. The topological polar surface area (TPSA) is 67.2 Å². The number of alkyl halides is 1. The van der Waals surface area contributed by atoms with Crippen LogP contribution in [-0.4, -0.2) is 30.6 Å². The first kappa shape index (κ1) is 13.6. The molecule has 3 unspecified atom stereocenters. The van der Waals surface area contributed by atoms with Gasteiger partial charge in [-0.25, -0.2) is 0 Å². The highest BCUT2D eigenvalue weighted by Crippen LogP contribution is 2.65. The van der Waals surface area contributed by atoms with Gasteiger partial charge in [-0.2, -0.15) is 0 Å². The van der Waals surface area contributed by atoms with Gasteiger partial charge in [-0.05, 0) is 42.5 Å². The molecule has 19 heavy (non-hydrogen) atoms. The molecule has 0 aromatic heterocycles. The summed E-state index contributed by atoms with van der Waals surface area (Å²) < 4.78 is 12.1. The number of rotatable bonds is 3. The number of azide groups is 1. The summed E-state index contributed by atoms with van der Waals surface area (Å²) in [5.74, 6) is 1.25. The van der Waals surface area contributed by atoms with E-state index < -0.39 is 12.4 Å². The van der Waals surface area contributed by atoms with E-state index in [1.165, 1.54) is 6.42 Å². The number of nitrogens with zero attached hydrogens (tertiary/aromatic N) is 3. The molecule has 5 nitrogen and oxygen atoms in total. The molecule has 1 heterocycles. The molecule has 0 spiro atoms. The molecule has 0 amide bonds. The maximum Gasteiger partial charge on any atom is 0.476 e. The highest BCUT2D eigenvalue weighted by molar-refractivity contribution is 6.60. The average molecular weight is 284 g/mol.